The van der Waals surface area contributed by atoms with Gasteiger partial charge in [0.05, 0.1) is 12.2 Å². The van der Waals surface area contributed by atoms with E-state index < -0.39 is 11.5 Å². The van der Waals surface area contributed by atoms with Crippen molar-refractivity contribution in [2.45, 2.75) is 18.6 Å². The largest absolute Gasteiger partial charge is 0.322 e. The van der Waals surface area contributed by atoms with Gasteiger partial charge in [0.25, 0.3) is 0 Å². The molecule has 1 aromatic carbocycles. The third kappa shape index (κ3) is 4.14. The molecule has 2 N–H and O–H groups in total. The van der Waals surface area contributed by atoms with E-state index in [1.165, 1.54) is 18.2 Å². The van der Waals surface area contributed by atoms with Crippen LogP contribution in [0.2, 0.25) is 5.02 Å². The number of likely N-dealkylation sites (tertiary alicyclic amines) is 1. The number of anilines is 1. The molecule has 28 heavy (non-hydrogen) atoms. The number of nitrogens with one attached hydrogen (secondary N) is 2. The number of amidine groups is 1. The van der Waals surface area contributed by atoms with Crippen LogP contribution in [-0.2, 0) is 9.63 Å². The highest BCUT2D eigenvalue weighted by molar-refractivity contribution is 6.30. The molecule has 2 aromatic rings. The molecule has 0 atom stereocenters. The zero-order valence-electron chi connectivity index (χ0n) is 15.0. The number of aliphatic imine (C=N–C) groups is 1. The van der Waals surface area contributed by atoms with Crippen LogP contribution in [0, 0.1) is 5.82 Å². The number of piperidine rings is 1. The van der Waals surface area contributed by atoms with Gasteiger partial charge in [0.2, 0.25) is 5.91 Å². The summed E-state index contributed by atoms with van der Waals surface area (Å²) < 4.78 is 13.8. The Labute approximate surface area is 166 Å². The Morgan fingerprint density at radius 2 is 2.14 bits per heavy atom. The van der Waals surface area contributed by atoms with Gasteiger partial charge in [-0.3, -0.25) is 14.7 Å². The average Bonchev–Trinajstić information content (AvgIpc) is 3.11. The van der Waals surface area contributed by atoms with E-state index in [9.17, 15) is 9.18 Å². The maximum absolute atomic E-state index is 13.8. The monoisotopic (exact) mass is 403 g/mol. The molecule has 0 unspecified atom stereocenters. The number of nitrogens with zero attached hydrogens (tertiary/aromatic N) is 3. The number of amides is 1. The summed E-state index contributed by atoms with van der Waals surface area (Å²) in [4.78, 5) is 28.9. The van der Waals surface area contributed by atoms with Crippen LogP contribution in [0.4, 0.5) is 10.1 Å². The fraction of sp³-hybridized carbons (Fsp3) is 0.316. The smallest absolute Gasteiger partial charge is 0.238 e. The van der Waals surface area contributed by atoms with Gasteiger partial charge in [-0.15, -0.1) is 0 Å². The number of carbonyl (C=O) groups excluding carboxylic acids is 1. The second-order valence-electron chi connectivity index (χ2n) is 6.77. The molecule has 1 spiro atoms. The van der Waals surface area contributed by atoms with E-state index in [4.69, 9.17) is 16.4 Å². The summed E-state index contributed by atoms with van der Waals surface area (Å²) in [5, 5.41) is 2.87. The Morgan fingerprint density at radius 3 is 2.86 bits per heavy atom. The van der Waals surface area contributed by atoms with E-state index in [0.29, 0.717) is 31.8 Å². The van der Waals surface area contributed by atoms with Crippen LogP contribution in [0.5, 0.6) is 0 Å². The Hall–Kier alpha value is -2.55. The minimum atomic E-state index is -0.637. The van der Waals surface area contributed by atoms with Crippen molar-refractivity contribution in [2.24, 2.45) is 4.99 Å². The fourth-order valence-corrected chi connectivity index (χ4v) is 3.42. The molecule has 1 saturated heterocycles. The van der Waals surface area contributed by atoms with Gasteiger partial charge in [-0.2, -0.15) is 0 Å². The Morgan fingerprint density at radius 1 is 1.32 bits per heavy atom. The number of hydroxylamine groups is 1. The van der Waals surface area contributed by atoms with Crippen LogP contribution in [0.25, 0.3) is 0 Å². The van der Waals surface area contributed by atoms with Crippen molar-refractivity contribution in [3.05, 3.63) is 59.1 Å². The van der Waals surface area contributed by atoms with Crippen molar-refractivity contribution in [1.82, 2.24) is 15.4 Å². The lowest BCUT2D eigenvalue weighted by atomic mass is 10.0. The summed E-state index contributed by atoms with van der Waals surface area (Å²) >= 11 is 5.73. The van der Waals surface area contributed by atoms with E-state index in [-0.39, 0.29) is 23.2 Å². The summed E-state index contributed by atoms with van der Waals surface area (Å²) in [6, 6.07) is 9.75. The number of aromatic nitrogens is 1. The normalized spacial score (nSPS) is 18.6. The van der Waals surface area contributed by atoms with Gasteiger partial charge in [-0.25, -0.2) is 19.7 Å². The molecule has 0 bridgehead atoms. The lowest BCUT2D eigenvalue weighted by Crippen LogP contribution is -2.46. The number of carbonyl (C=O) groups is 1. The third-order valence-electron chi connectivity index (χ3n) is 4.77. The molecule has 1 aromatic heterocycles. The number of pyridine rings is 1. The van der Waals surface area contributed by atoms with Crippen molar-refractivity contribution < 1.29 is 14.0 Å². The molecule has 0 radical (unpaired) electrons. The fourth-order valence-electron chi connectivity index (χ4n) is 3.26. The number of benzene rings is 1. The lowest BCUT2D eigenvalue weighted by molar-refractivity contribution is -0.120. The predicted molar refractivity (Wildman–Crippen MR) is 103 cm³/mol. The molecular weight excluding hydrogens is 385 g/mol. The van der Waals surface area contributed by atoms with Gasteiger partial charge < -0.3 is 5.32 Å². The maximum atomic E-state index is 13.8. The van der Waals surface area contributed by atoms with Gasteiger partial charge in [-0.1, -0.05) is 17.7 Å². The van der Waals surface area contributed by atoms with Gasteiger partial charge in [0, 0.05) is 37.2 Å². The summed E-state index contributed by atoms with van der Waals surface area (Å²) in [7, 11) is 0. The zero-order chi connectivity index (χ0) is 19.6. The first kappa shape index (κ1) is 18.8. The third-order valence-corrected chi connectivity index (χ3v) is 5.01. The number of halogens is 2. The average molecular weight is 404 g/mol. The second-order valence-corrected chi connectivity index (χ2v) is 7.21. The summed E-state index contributed by atoms with van der Waals surface area (Å²) in [6.07, 6.45) is 2.98. The van der Waals surface area contributed by atoms with E-state index in [0.717, 1.165) is 5.69 Å². The molecule has 1 fully saturated rings. The maximum Gasteiger partial charge on any atom is 0.238 e. The molecular formula is C19H19ClFN5O2. The van der Waals surface area contributed by atoms with Crippen LogP contribution in [-0.4, -0.2) is 47.0 Å². The lowest BCUT2D eigenvalue weighted by Gasteiger charge is -2.35. The van der Waals surface area contributed by atoms with E-state index in [2.05, 4.69) is 20.8 Å². The summed E-state index contributed by atoms with van der Waals surface area (Å²) in [5.41, 5.74) is 3.08. The van der Waals surface area contributed by atoms with Crippen LogP contribution in [0.15, 0.2) is 47.6 Å². The zero-order valence-corrected chi connectivity index (χ0v) is 15.7. The Bertz CT molecular complexity index is 900. The van der Waals surface area contributed by atoms with Crippen molar-refractivity contribution in [3.63, 3.8) is 0 Å². The topological polar surface area (TPSA) is 78.9 Å². The van der Waals surface area contributed by atoms with Crippen LogP contribution in [0.1, 0.15) is 18.5 Å². The van der Waals surface area contributed by atoms with Crippen molar-refractivity contribution in [1.29, 1.82) is 0 Å². The molecule has 7 nitrogen and oxygen atoms in total. The highest BCUT2D eigenvalue weighted by atomic mass is 35.5. The van der Waals surface area contributed by atoms with Crippen molar-refractivity contribution in [2.75, 3.05) is 25.0 Å². The van der Waals surface area contributed by atoms with E-state index in [1.54, 1.807) is 6.20 Å². The van der Waals surface area contributed by atoms with Crippen LogP contribution in [0.3, 0.4) is 0 Å². The molecule has 2 aliphatic heterocycles. The SMILES string of the molecule is O=C(CN1CCC2(CC1)N=C(c1ccccn1)NO2)Nc1ccc(Cl)cc1F. The van der Waals surface area contributed by atoms with Crippen LogP contribution < -0.4 is 10.8 Å². The quantitative estimate of drug-likeness (QED) is 0.820. The standard InChI is InChI=1S/C19H19ClFN5O2/c20-13-4-5-15(14(21)11-13)23-17(27)12-26-9-6-19(7-10-26)24-18(25-28-19)16-3-1-2-8-22-16/h1-5,8,11H,6-7,9-10,12H2,(H,23,27)(H,24,25). The Kier molecular flexibility index (Phi) is 5.25. The van der Waals surface area contributed by atoms with Gasteiger partial charge >= 0.3 is 0 Å². The number of rotatable bonds is 4. The predicted octanol–water partition coefficient (Wildman–Crippen LogP) is 2.59. The summed E-state index contributed by atoms with van der Waals surface area (Å²) in [6.45, 7) is 1.44. The van der Waals surface area contributed by atoms with E-state index >= 15 is 0 Å². The molecule has 146 valence electrons. The summed E-state index contributed by atoms with van der Waals surface area (Å²) in [5.74, 6) is -0.217. The highest BCUT2D eigenvalue weighted by Crippen LogP contribution is 2.30. The Balaban J connectivity index is 1.32. The van der Waals surface area contributed by atoms with Crippen molar-refractivity contribution in [3.8, 4) is 0 Å². The number of hydrogen-bond acceptors (Lipinski definition) is 6. The molecule has 0 aliphatic carbocycles. The van der Waals surface area contributed by atoms with Gasteiger partial charge in [-0.05, 0) is 30.3 Å². The molecule has 3 heterocycles. The minimum Gasteiger partial charge on any atom is -0.322 e. The first-order valence-corrected chi connectivity index (χ1v) is 9.33. The number of hydrogen-bond donors (Lipinski definition) is 2. The van der Waals surface area contributed by atoms with Gasteiger partial charge in [0.15, 0.2) is 11.6 Å². The second kappa shape index (κ2) is 7.83. The molecule has 0 saturated carbocycles. The first-order valence-electron chi connectivity index (χ1n) is 8.96. The van der Waals surface area contributed by atoms with Crippen LogP contribution >= 0.6 is 11.6 Å². The first-order chi connectivity index (χ1) is 13.5. The minimum absolute atomic E-state index is 0.121. The van der Waals surface area contributed by atoms with Gasteiger partial charge in [0.1, 0.15) is 11.5 Å². The van der Waals surface area contributed by atoms with E-state index in [1.807, 2.05) is 23.1 Å². The molecule has 2 aliphatic rings. The molecule has 1 amide bonds. The highest BCUT2D eigenvalue weighted by Gasteiger charge is 2.40. The molecule has 9 heteroatoms. The molecule has 4 rings (SSSR count). The van der Waals surface area contributed by atoms with Crippen molar-refractivity contribution >= 4 is 29.0 Å².